The van der Waals surface area contributed by atoms with E-state index in [-0.39, 0.29) is 12.1 Å². The molecule has 16 heavy (non-hydrogen) atoms. The second-order valence-corrected chi connectivity index (χ2v) is 4.73. The lowest BCUT2D eigenvalue weighted by atomic mass is 10.1. The topological polar surface area (TPSA) is 23.5 Å². The summed E-state index contributed by atoms with van der Waals surface area (Å²) < 4.78 is 0. The Balaban J connectivity index is 2.73. The van der Waals surface area contributed by atoms with Crippen LogP contribution in [0.3, 0.4) is 0 Å². The van der Waals surface area contributed by atoms with E-state index in [2.05, 4.69) is 49.9 Å². The van der Waals surface area contributed by atoms with E-state index < -0.39 is 0 Å². The number of benzene rings is 1. The Labute approximate surface area is 98.9 Å². The summed E-state index contributed by atoms with van der Waals surface area (Å²) in [5.41, 5.74) is 1.30. The third kappa shape index (κ3) is 3.62. The highest BCUT2D eigenvalue weighted by Crippen LogP contribution is 2.14. The van der Waals surface area contributed by atoms with Crippen molar-refractivity contribution in [1.82, 2.24) is 4.90 Å². The quantitative estimate of drug-likeness (QED) is 0.826. The molecule has 0 bridgehead atoms. The first kappa shape index (κ1) is 13.2. The van der Waals surface area contributed by atoms with Crippen LogP contribution in [-0.4, -0.2) is 28.2 Å². The predicted octanol–water partition coefficient (Wildman–Crippen LogP) is 2.67. The van der Waals surface area contributed by atoms with Gasteiger partial charge in [0.25, 0.3) is 0 Å². The summed E-state index contributed by atoms with van der Waals surface area (Å²) in [4.78, 5) is 2.32. The molecule has 0 saturated heterocycles. The maximum atomic E-state index is 9.68. The number of hydrogen-bond donors (Lipinski definition) is 1. The van der Waals surface area contributed by atoms with Gasteiger partial charge in [0.05, 0.1) is 6.10 Å². The molecule has 0 amide bonds. The second kappa shape index (κ2) is 6.02. The number of rotatable bonds is 5. The molecule has 0 saturated carbocycles. The number of aliphatic hydroxyl groups excluding tert-OH is 1. The van der Waals surface area contributed by atoms with Crippen molar-refractivity contribution in [2.75, 3.05) is 0 Å². The fourth-order valence-corrected chi connectivity index (χ4v) is 1.87. The van der Waals surface area contributed by atoms with Crippen LogP contribution in [0.2, 0.25) is 0 Å². The van der Waals surface area contributed by atoms with Gasteiger partial charge >= 0.3 is 0 Å². The normalized spacial score (nSPS) is 15.4. The second-order valence-electron chi connectivity index (χ2n) is 4.73. The highest BCUT2D eigenvalue weighted by atomic mass is 16.3. The zero-order valence-corrected chi connectivity index (χ0v) is 10.7. The molecule has 1 aromatic carbocycles. The van der Waals surface area contributed by atoms with Crippen LogP contribution in [0.25, 0.3) is 0 Å². The fourth-order valence-electron chi connectivity index (χ4n) is 1.87. The van der Waals surface area contributed by atoms with Crippen LogP contribution in [0.1, 0.15) is 33.3 Å². The molecule has 1 rings (SSSR count). The molecule has 90 valence electrons. The van der Waals surface area contributed by atoms with E-state index in [1.54, 1.807) is 0 Å². The lowest BCUT2D eigenvalue weighted by molar-refractivity contribution is 0.0465. The van der Waals surface area contributed by atoms with E-state index in [0.29, 0.717) is 6.04 Å². The first-order valence-corrected chi connectivity index (χ1v) is 6.00. The van der Waals surface area contributed by atoms with Gasteiger partial charge in [0.1, 0.15) is 0 Å². The largest absolute Gasteiger partial charge is 0.392 e. The molecule has 2 unspecified atom stereocenters. The fraction of sp³-hybridized carbons (Fsp3) is 0.571. The highest BCUT2D eigenvalue weighted by molar-refractivity contribution is 5.14. The first-order chi connectivity index (χ1) is 7.52. The van der Waals surface area contributed by atoms with E-state index in [0.717, 1.165) is 6.54 Å². The Bertz CT molecular complexity index is 295. The smallest absolute Gasteiger partial charge is 0.0664 e. The molecule has 0 aliphatic heterocycles. The molecule has 0 aromatic heterocycles. The molecule has 1 aromatic rings. The SMILES string of the molecule is CC(O)C(C)N(Cc1ccccc1)C(C)C. The minimum Gasteiger partial charge on any atom is -0.392 e. The number of aliphatic hydroxyl groups is 1. The van der Waals surface area contributed by atoms with Gasteiger partial charge in [0.15, 0.2) is 0 Å². The minimum absolute atomic E-state index is 0.181. The average Bonchev–Trinajstić information content (AvgIpc) is 2.26. The summed E-state index contributed by atoms with van der Waals surface area (Å²) in [7, 11) is 0. The van der Waals surface area contributed by atoms with Gasteiger partial charge < -0.3 is 5.11 Å². The summed E-state index contributed by atoms with van der Waals surface area (Å²) in [6.07, 6.45) is -0.300. The zero-order valence-electron chi connectivity index (χ0n) is 10.7. The Kier molecular flexibility index (Phi) is 4.97. The van der Waals surface area contributed by atoms with Gasteiger partial charge in [0.2, 0.25) is 0 Å². The molecule has 0 fully saturated rings. The standard InChI is InChI=1S/C14H23NO/c1-11(2)15(12(3)13(4)16)10-14-8-6-5-7-9-14/h5-9,11-13,16H,10H2,1-4H3. The van der Waals surface area contributed by atoms with E-state index in [9.17, 15) is 5.11 Å². The molecule has 2 heteroatoms. The molecule has 0 heterocycles. The van der Waals surface area contributed by atoms with Crippen LogP contribution in [-0.2, 0) is 6.54 Å². The van der Waals surface area contributed by atoms with Crippen molar-refractivity contribution in [3.63, 3.8) is 0 Å². The molecule has 2 nitrogen and oxygen atoms in total. The molecule has 0 aliphatic carbocycles. The van der Waals surface area contributed by atoms with Crippen LogP contribution in [0.4, 0.5) is 0 Å². The Morgan fingerprint density at radius 1 is 1.06 bits per heavy atom. The summed E-state index contributed by atoms with van der Waals surface area (Å²) in [6.45, 7) is 9.16. The van der Waals surface area contributed by atoms with Crippen molar-refractivity contribution < 1.29 is 5.11 Å². The molecular weight excluding hydrogens is 198 g/mol. The molecule has 0 radical (unpaired) electrons. The monoisotopic (exact) mass is 221 g/mol. The van der Waals surface area contributed by atoms with E-state index in [4.69, 9.17) is 0 Å². The van der Waals surface area contributed by atoms with Crippen molar-refractivity contribution >= 4 is 0 Å². The maximum absolute atomic E-state index is 9.68. The summed E-state index contributed by atoms with van der Waals surface area (Å²) in [5.74, 6) is 0. The summed E-state index contributed by atoms with van der Waals surface area (Å²) in [6, 6.07) is 11.0. The van der Waals surface area contributed by atoms with Crippen LogP contribution in [0, 0.1) is 0 Å². The summed E-state index contributed by atoms with van der Waals surface area (Å²) in [5, 5.41) is 9.68. The molecular formula is C14H23NO. The maximum Gasteiger partial charge on any atom is 0.0664 e. The van der Waals surface area contributed by atoms with Gasteiger partial charge in [-0.15, -0.1) is 0 Å². The predicted molar refractivity (Wildman–Crippen MR) is 68.3 cm³/mol. The Morgan fingerprint density at radius 3 is 2.06 bits per heavy atom. The third-order valence-corrected chi connectivity index (χ3v) is 3.09. The average molecular weight is 221 g/mol. The van der Waals surface area contributed by atoms with Crippen molar-refractivity contribution in [3.05, 3.63) is 35.9 Å². The van der Waals surface area contributed by atoms with Crippen molar-refractivity contribution in [3.8, 4) is 0 Å². The number of hydrogen-bond acceptors (Lipinski definition) is 2. The Hall–Kier alpha value is -0.860. The molecule has 1 N–H and O–H groups in total. The van der Waals surface area contributed by atoms with Gasteiger partial charge in [0, 0.05) is 18.6 Å². The molecule has 0 spiro atoms. The van der Waals surface area contributed by atoms with Crippen LogP contribution in [0.15, 0.2) is 30.3 Å². The molecule has 0 aliphatic rings. The minimum atomic E-state index is -0.300. The van der Waals surface area contributed by atoms with Gasteiger partial charge in [-0.2, -0.15) is 0 Å². The van der Waals surface area contributed by atoms with Crippen LogP contribution < -0.4 is 0 Å². The van der Waals surface area contributed by atoms with E-state index in [1.807, 2.05) is 13.0 Å². The Morgan fingerprint density at radius 2 is 1.62 bits per heavy atom. The van der Waals surface area contributed by atoms with E-state index >= 15 is 0 Å². The van der Waals surface area contributed by atoms with Crippen LogP contribution in [0.5, 0.6) is 0 Å². The first-order valence-electron chi connectivity index (χ1n) is 6.00. The van der Waals surface area contributed by atoms with Crippen molar-refractivity contribution in [2.45, 2.75) is 52.4 Å². The van der Waals surface area contributed by atoms with Gasteiger partial charge in [-0.25, -0.2) is 0 Å². The van der Waals surface area contributed by atoms with Crippen molar-refractivity contribution in [1.29, 1.82) is 0 Å². The van der Waals surface area contributed by atoms with Gasteiger partial charge in [-0.3, -0.25) is 4.90 Å². The third-order valence-electron chi connectivity index (χ3n) is 3.09. The van der Waals surface area contributed by atoms with Crippen LogP contribution >= 0.6 is 0 Å². The van der Waals surface area contributed by atoms with Crippen molar-refractivity contribution in [2.24, 2.45) is 0 Å². The lowest BCUT2D eigenvalue weighted by Gasteiger charge is -2.34. The summed E-state index contributed by atoms with van der Waals surface area (Å²) >= 11 is 0. The highest BCUT2D eigenvalue weighted by Gasteiger charge is 2.20. The van der Waals surface area contributed by atoms with Gasteiger partial charge in [-0.05, 0) is 33.3 Å². The molecule has 2 atom stereocenters. The lowest BCUT2D eigenvalue weighted by Crippen LogP contribution is -2.43. The number of nitrogens with zero attached hydrogens (tertiary/aromatic N) is 1. The van der Waals surface area contributed by atoms with E-state index in [1.165, 1.54) is 5.56 Å². The van der Waals surface area contributed by atoms with Gasteiger partial charge in [-0.1, -0.05) is 30.3 Å². The zero-order chi connectivity index (χ0) is 12.1.